The van der Waals surface area contributed by atoms with Crippen molar-refractivity contribution >= 4 is 21.8 Å². The van der Waals surface area contributed by atoms with Gasteiger partial charge in [-0.25, -0.2) is 13.1 Å². The first kappa shape index (κ1) is 15.9. The van der Waals surface area contributed by atoms with Crippen LogP contribution in [0.25, 0.3) is 0 Å². The standard InChI is InChI=1S/C13H22N2O3S2/c1-9-13(7-10(18-9)8-14-2)20(16,17)15-11-5-4-6-12(11)19-3/h7,11-12,14-15H,4-6,8H2,1-3H3. The summed E-state index contributed by atoms with van der Waals surface area (Å²) in [5.41, 5.74) is 0. The van der Waals surface area contributed by atoms with Crippen molar-refractivity contribution in [3.63, 3.8) is 0 Å². The molecule has 0 aliphatic heterocycles. The molecular formula is C13H22N2O3S2. The smallest absolute Gasteiger partial charge is 0.244 e. The summed E-state index contributed by atoms with van der Waals surface area (Å²) >= 11 is 1.73. The number of rotatable bonds is 6. The van der Waals surface area contributed by atoms with Gasteiger partial charge in [-0.05, 0) is 33.1 Å². The third-order valence-corrected chi connectivity index (χ3v) is 6.39. The predicted molar refractivity (Wildman–Crippen MR) is 81.5 cm³/mol. The second kappa shape index (κ2) is 6.51. The van der Waals surface area contributed by atoms with Gasteiger partial charge >= 0.3 is 0 Å². The van der Waals surface area contributed by atoms with Gasteiger partial charge in [-0.2, -0.15) is 11.8 Å². The molecule has 2 unspecified atom stereocenters. The largest absolute Gasteiger partial charge is 0.464 e. The molecule has 114 valence electrons. The van der Waals surface area contributed by atoms with Gasteiger partial charge in [-0.3, -0.25) is 0 Å². The molecule has 0 spiro atoms. The Hall–Kier alpha value is -0.500. The Morgan fingerprint density at radius 3 is 2.85 bits per heavy atom. The molecule has 2 atom stereocenters. The number of thioether (sulfide) groups is 1. The van der Waals surface area contributed by atoms with Gasteiger partial charge in [0.2, 0.25) is 10.0 Å². The molecule has 1 aliphatic carbocycles. The van der Waals surface area contributed by atoms with Crippen LogP contribution in [0, 0.1) is 6.92 Å². The zero-order chi connectivity index (χ0) is 14.8. The minimum absolute atomic E-state index is 0.0250. The predicted octanol–water partition coefficient (Wildman–Crippen LogP) is 1.87. The third-order valence-electron chi connectivity index (χ3n) is 3.63. The molecule has 1 fully saturated rings. The first-order chi connectivity index (χ1) is 9.47. The van der Waals surface area contributed by atoms with Crippen LogP contribution in [0.15, 0.2) is 15.4 Å². The van der Waals surface area contributed by atoms with E-state index in [1.807, 2.05) is 6.26 Å². The second-order valence-electron chi connectivity index (χ2n) is 5.10. The van der Waals surface area contributed by atoms with E-state index in [2.05, 4.69) is 10.0 Å². The van der Waals surface area contributed by atoms with Crippen molar-refractivity contribution in [1.82, 2.24) is 10.0 Å². The van der Waals surface area contributed by atoms with E-state index in [1.165, 1.54) is 0 Å². The Balaban J connectivity index is 2.17. The number of aryl methyl sites for hydroxylation is 1. The van der Waals surface area contributed by atoms with Gasteiger partial charge in [-0.15, -0.1) is 0 Å². The minimum Gasteiger partial charge on any atom is -0.464 e. The van der Waals surface area contributed by atoms with Gasteiger partial charge in [0.1, 0.15) is 16.4 Å². The van der Waals surface area contributed by atoms with E-state index >= 15 is 0 Å². The summed E-state index contributed by atoms with van der Waals surface area (Å²) in [6, 6.07) is 1.63. The van der Waals surface area contributed by atoms with Crippen LogP contribution in [0.3, 0.4) is 0 Å². The summed E-state index contributed by atoms with van der Waals surface area (Å²) in [5.74, 6) is 1.08. The van der Waals surface area contributed by atoms with Crippen molar-refractivity contribution < 1.29 is 12.8 Å². The van der Waals surface area contributed by atoms with E-state index in [0.717, 1.165) is 19.3 Å². The number of nitrogens with one attached hydrogen (secondary N) is 2. The zero-order valence-electron chi connectivity index (χ0n) is 12.1. The fourth-order valence-corrected chi connectivity index (χ4v) is 5.19. The van der Waals surface area contributed by atoms with Crippen LogP contribution in [0.1, 0.15) is 30.8 Å². The molecule has 0 aromatic carbocycles. The maximum atomic E-state index is 12.5. The van der Waals surface area contributed by atoms with Gasteiger partial charge in [0.05, 0.1) is 6.54 Å². The van der Waals surface area contributed by atoms with Gasteiger partial charge < -0.3 is 9.73 Å². The molecule has 1 aliphatic rings. The van der Waals surface area contributed by atoms with Gasteiger partial charge in [0.25, 0.3) is 0 Å². The van der Waals surface area contributed by atoms with E-state index in [9.17, 15) is 8.42 Å². The van der Waals surface area contributed by atoms with E-state index in [0.29, 0.717) is 23.3 Å². The van der Waals surface area contributed by atoms with Crippen LogP contribution in [0.4, 0.5) is 0 Å². The minimum atomic E-state index is -3.50. The highest BCUT2D eigenvalue weighted by Crippen LogP contribution is 2.30. The summed E-state index contributed by atoms with van der Waals surface area (Å²) in [4.78, 5) is 0.259. The normalized spacial score (nSPS) is 23.4. The van der Waals surface area contributed by atoms with Crippen LogP contribution in [-0.2, 0) is 16.6 Å². The average molecular weight is 318 g/mol. The van der Waals surface area contributed by atoms with Crippen molar-refractivity contribution in [3.8, 4) is 0 Å². The zero-order valence-corrected chi connectivity index (χ0v) is 13.7. The lowest BCUT2D eigenvalue weighted by molar-refractivity contribution is 0.465. The molecule has 2 rings (SSSR count). The molecule has 1 saturated carbocycles. The van der Waals surface area contributed by atoms with E-state index < -0.39 is 10.0 Å². The Kier molecular flexibility index (Phi) is 5.17. The Morgan fingerprint density at radius 1 is 1.45 bits per heavy atom. The van der Waals surface area contributed by atoms with Crippen LogP contribution >= 0.6 is 11.8 Å². The molecular weight excluding hydrogens is 296 g/mol. The number of sulfonamides is 1. The SMILES string of the molecule is CNCc1cc(S(=O)(=O)NC2CCCC2SC)c(C)o1. The van der Waals surface area contributed by atoms with Crippen molar-refractivity contribution in [2.75, 3.05) is 13.3 Å². The Bertz CT molecular complexity index is 554. The van der Waals surface area contributed by atoms with Crippen molar-refractivity contribution in [2.24, 2.45) is 0 Å². The molecule has 1 aromatic heterocycles. The molecule has 5 nitrogen and oxygen atoms in total. The first-order valence-corrected chi connectivity index (χ1v) is 9.54. The number of hydrogen-bond acceptors (Lipinski definition) is 5. The second-order valence-corrected chi connectivity index (χ2v) is 7.86. The molecule has 20 heavy (non-hydrogen) atoms. The third kappa shape index (κ3) is 3.39. The highest BCUT2D eigenvalue weighted by atomic mass is 32.2. The van der Waals surface area contributed by atoms with Crippen LogP contribution in [-0.4, -0.2) is 33.0 Å². The fraction of sp³-hybridized carbons (Fsp3) is 0.692. The highest BCUT2D eigenvalue weighted by Gasteiger charge is 2.32. The quantitative estimate of drug-likeness (QED) is 0.838. The van der Waals surface area contributed by atoms with E-state index in [-0.39, 0.29) is 10.9 Å². The fourth-order valence-electron chi connectivity index (χ4n) is 2.66. The molecule has 1 heterocycles. The summed E-state index contributed by atoms with van der Waals surface area (Å²) in [6.45, 7) is 2.21. The molecule has 2 N–H and O–H groups in total. The van der Waals surface area contributed by atoms with Crippen molar-refractivity contribution in [1.29, 1.82) is 0 Å². The lowest BCUT2D eigenvalue weighted by Crippen LogP contribution is -2.38. The molecule has 1 aromatic rings. The Labute approximate surface area is 124 Å². The highest BCUT2D eigenvalue weighted by molar-refractivity contribution is 7.99. The lowest BCUT2D eigenvalue weighted by atomic mass is 10.3. The van der Waals surface area contributed by atoms with Crippen LogP contribution < -0.4 is 10.0 Å². The van der Waals surface area contributed by atoms with Gasteiger partial charge in [0, 0.05) is 17.4 Å². The van der Waals surface area contributed by atoms with Crippen molar-refractivity contribution in [3.05, 3.63) is 17.6 Å². The number of hydrogen-bond donors (Lipinski definition) is 2. The molecule has 0 bridgehead atoms. The van der Waals surface area contributed by atoms with E-state index in [1.54, 1.807) is 31.8 Å². The summed E-state index contributed by atoms with van der Waals surface area (Å²) < 4.78 is 33.3. The molecule has 7 heteroatoms. The van der Waals surface area contributed by atoms with Crippen LogP contribution in [0.5, 0.6) is 0 Å². The summed E-state index contributed by atoms with van der Waals surface area (Å²) in [6.07, 6.45) is 5.09. The van der Waals surface area contributed by atoms with Crippen LogP contribution in [0.2, 0.25) is 0 Å². The van der Waals surface area contributed by atoms with Crippen molar-refractivity contribution in [2.45, 2.75) is 48.9 Å². The molecule has 0 amide bonds. The summed E-state index contributed by atoms with van der Waals surface area (Å²) in [7, 11) is -1.70. The van der Waals surface area contributed by atoms with Gasteiger partial charge in [0.15, 0.2) is 0 Å². The molecule has 0 radical (unpaired) electrons. The first-order valence-electron chi connectivity index (χ1n) is 6.77. The molecule has 0 saturated heterocycles. The topological polar surface area (TPSA) is 71.3 Å². The average Bonchev–Trinajstić information content (AvgIpc) is 2.96. The lowest BCUT2D eigenvalue weighted by Gasteiger charge is -2.18. The monoisotopic (exact) mass is 318 g/mol. The maximum Gasteiger partial charge on any atom is 0.244 e. The Morgan fingerprint density at radius 2 is 2.20 bits per heavy atom. The maximum absolute atomic E-state index is 12.5. The van der Waals surface area contributed by atoms with E-state index in [4.69, 9.17) is 4.42 Å². The summed E-state index contributed by atoms with van der Waals surface area (Å²) in [5, 5.41) is 3.32. The van der Waals surface area contributed by atoms with Gasteiger partial charge in [-0.1, -0.05) is 6.42 Å². The number of furan rings is 1.